The summed E-state index contributed by atoms with van der Waals surface area (Å²) >= 11 is 0. The minimum Gasteiger partial charge on any atom is -0.294 e. The summed E-state index contributed by atoms with van der Waals surface area (Å²) in [6, 6.07) is 2.32. The number of carbonyl (C=O) groups excluding carboxylic acids is 1. The van der Waals surface area contributed by atoms with Crippen molar-refractivity contribution >= 4 is 11.5 Å². The van der Waals surface area contributed by atoms with Crippen LogP contribution in [0.1, 0.15) is 28.4 Å². The minimum absolute atomic E-state index is 0.488. The summed E-state index contributed by atoms with van der Waals surface area (Å²) in [5.74, 6) is -0.785. The number of nitro benzene ring substituents is 1. The van der Waals surface area contributed by atoms with Gasteiger partial charge < -0.3 is 0 Å². The average Bonchev–Trinajstić information content (AvgIpc) is 2.25. The first kappa shape index (κ1) is 13.6. The first-order valence-electron chi connectivity index (χ1n) is 4.49. The van der Waals surface area contributed by atoms with Crippen molar-refractivity contribution < 1.29 is 22.9 Å². The smallest absolute Gasteiger partial charge is 0.294 e. The Morgan fingerprint density at radius 1 is 1.44 bits per heavy atom. The van der Waals surface area contributed by atoms with Gasteiger partial charge in [0, 0.05) is 0 Å². The van der Waals surface area contributed by atoms with Crippen LogP contribution in [0.4, 0.5) is 18.9 Å². The maximum atomic E-state index is 12.6. The third-order valence-corrected chi connectivity index (χ3v) is 2.16. The highest BCUT2D eigenvalue weighted by molar-refractivity contribution is 5.99. The lowest BCUT2D eigenvalue weighted by atomic mass is 9.99. The van der Waals surface area contributed by atoms with E-state index in [1.807, 2.05) is 0 Å². The molecular weight excluding hydrogens is 253 g/mol. The molecule has 0 bridgehead atoms. The normalized spacial score (nSPS) is 10.8. The maximum Gasteiger partial charge on any atom is 0.417 e. The highest BCUT2D eigenvalue weighted by Gasteiger charge is 2.38. The van der Waals surface area contributed by atoms with E-state index >= 15 is 0 Å². The van der Waals surface area contributed by atoms with Crippen LogP contribution in [-0.4, -0.2) is 10.7 Å². The lowest BCUT2D eigenvalue weighted by Crippen LogP contribution is -2.12. The van der Waals surface area contributed by atoms with Crippen molar-refractivity contribution in [2.75, 3.05) is 0 Å². The topological polar surface area (TPSA) is 84.0 Å². The number of nitro groups is 1. The van der Waals surface area contributed by atoms with Crippen LogP contribution >= 0.6 is 0 Å². The summed E-state index contributed by atoms with van der Waals surface area (Å²) < 4.78 is 37.7. The summed E-state index contributed by atoms with van der Waals surface area (Å²) in [5.41, 5.74) is -4.22. The molecule has 0 aliphatic rings. The zero-order valence-corrected chi connectivity index (χ0v) is 8.91. The van der Waals surface area contributed by atoms with Crippen molar-refractivity contribution in [1.29, 1.82) is 5.26 Å². The zero-order chi connectivity index (χ0) is 14.1. The lowest BCUT2D eigenvalue weighted by Gasteiger charge is -2.10. The number of alkyl halides is 3. The maximum absolute atomic E-state index is 12.6. The Labute approximate surface area is 98.6 Å². The Kier molecular flexibility index (Phi) is 3.37. The van der Waals surface area contributed by atoms with Crippen LogP contribution < -0.4 is 0 Å². The summed E-state index contributed by atoms with van der Waals surface area (Å²) in [6.07, 6.45) is -4.90. The molecule has 1 aromatic carbocycles. The van der Waals surface area contributed by atoms with Crippen LogP contribution in [0.5, 0.6) is 0 Å². The van der Waals surface area contributed by atoms with Crippen molar-refractivity contribution in [2.24, 2.45) is 0 Å². The molecule has 0 aliphatic carbocycles. The van der Waals surface area contributed by atoms with Crippen molar-refractivity contribution in [2.45, 2.75) is 13.1 Å². The van der Waals surface area contributed by atoms with Crippen LogP contribution in [0.3, 0.4) is 0 Å². The van der Waals surface area contributed by atoms with Crippen LogP contribution in [0, 0.1) is 21.4 Å². The van der Waals surface area contributed by atoms with E-state index in [4.69, 9.17) is 5.26 Å². The predicted octanol–water partition coefficient (Wildman–Crippen LogP) is 2.69. The number of hydrogen-bond donors (Lipinski definition) is 0. The van der Waals surface area contributed by atoms with Gasteiger partial charge in [0.25, 0.3) is 5.69 Å². The molecule has 0 saturated carbocycles. The summed E-state index contributed by atoms with van der Waals surface area (Å²) in [6.45, 7) is 0.969. The van der Waals surface area contributed by atoms with E-state index in [9.17, 15) is 28.1 Å². The van der Waals surface area contributed by atoms with Crippen LogP contribution in [0.2, 0.25) is 0 Å². The first-order chi connectivity index (χ1) is 8.20. The Balaban J connectivity index is 3.77. The third kappa shape index (κ3) is 2.29. The zero-order valence-electron chi connectivity index (χ0n) is 8.91. The number of halogens is 3. The molecule has 1 rings (SSSR count). The molecule has 18 heavy (non-hydrogen) atoms. The van der Waals surface area contributed by atoms with Gasteiger partial charge in [0.2, 0.25) is 0 Å². The van der Waals surface area contributed by atoms with Gasteiger partial charge in [0.15, 0.2) is 5.78 Å². The quantitative estimate of drug-likeness (QED) is 0.463. The van der Waals surface area contributed by atoms with Crippen LogP contribution in [-0.2, 0) is 6.18 Å². The molecule has 0 heterocycles. The second kappa shape index (κ2) is 4.44. The van der Waals surface area contributed by atoms with Gasteiger partial charge in [-0.05, 0) is 19.1 Å². The van der Waals surface area contributed by atoms with E-state index in [1.165, 1.54) is 0 Å². The van der Waals surface area contributed by atoms with Crippen molar-refractivity contribution in [3.63, 3.8) is 0 Å². The van der Waals surface area contributed by atoms with E-state index in [1.54, 1.807) is 0 Å². The highest BCUT2D eigenvalue weighted by Crippen LogP contribution is 2.37. The van der Waals surface area contributed by atoms with Gasteiger partial charge in [0.05, 0.1) is 16.1 Å². The molecule has 8 heteroatoms. The van der Waals surface area contributed by atoms with Gasteiger partial charge in [-0.3, -0.25) is 14.9 Å². The lowest BCUT2D eigenvalue weighted by molar-refractivity contribution is -0.385. The SMILES string of the molecule is CC(=O)c1ccc(C(F)(F)F)c(C#N)c1[N+](=O)[O-]. The number of carbonyl (C=O) groups is 1. The fourth-order valence-electron chi connectivity index (χ4n) is 1.41. The second-order valence-corrected chi connectivity index (χ2v) is 3.31. The number of benzene rings is 1. The summed E-state index contributed by atoms with van der Waals surface area (Å²) in [4.78, 5) is 20.7. The number of nitrogens with zero attached hydrogens (tertiary/aromatic N) is 2. The molecule has 94 valence electrons. The Hall–Kier alpha value is -2.43. The van der Waals surface area contributed by atoms with Crippen molar-refractivity contribution in [1.82, 2.24) is 0 Å². The van der Waals surface area contributed by atoms with Crippen molar-refractivity contribution in [3.05, 3.63) is 38.9 Å². The Bertz CT molecular complexity index is 573. The number of Topliss-reactive ketones (excluding diaryl/α,β-unsaturated/α-hetero) is 1. The average molecular weight is 258 g/mol. The van der Waals surface area contributed by atoms with E-state index < -0.39 is 39.3 Å². The van der Waals surface area contributed by atoms with E-state index in [0.29, 0.717) is 12.1 Å². The standard InChI is InChI=1S/C10H5F3N2O3/c1-5(16)6-2-3-8(10(11,12)13)7(4-14)9(6)15(17)18/h2-3H,1H3. The second-order valence-electron chi connectivity index (χ2n) is 3.31. The molecule has 0 unspecified atom stereocenters. The summed E-state index contributed by atoms with van der Waals surface area (Å²) in [5, 5.41) is 19.4. The van der Waals surface area contributed by atoms with Crippen molar-refractivity contribution in [3.8, 4) is 6.07 Å². The number of ketones is 1. The van der Waals surface area contributed by atoms with Gasteiger partial charge in [-0.25, -0.2) is 0 Å². The molecule has 0 aromatic heterocycles. The Morgan fingerprint density at radius 3 is 2.33 bits per heavy atom. The molecule has 0 spiro atoms. The molecule has 0 amide bonds. The predicted molar refractivity (Wildman–Crippen MR) is 52.8 cm³/mol. The minimum atomic E-state index is -4.90. The first-order valence-corrected chi connectivity index (χ1v) is 4.49. The van der Waals surface area contributed by atoms with Gasteiger partial charge in [-0.15, -0.1) is 0 Å². The molecular formula is C10H5F3N2O3. The van der Waals surface area contributed by atoms with Crippen LogP contribution in [0.25, 0.3) is 0 Å². The molecule has 1 aromatic rings. The Morgan fingerprint density at radius 2 is 2.00 bits per heavy atom. The van der Waals surface area contributed by atoms with Gasteiger partial charge in [-0.1, -0.05) is 0 Å². The van der Waals surface area contributed by atoms with Gasteiger partial charge in [0.1, 0.15) is 11.6 Å². The van der Waals surface area contributed by atoms with Gasteiger partial charge >= 0.3 is 6.18 Å². The monoisotopic (exact) mass is 258 g/mol. The number of rotatable bonds is 2. The fraction of sp³-hybridized carbons (Fsp3) is 0.200. The molecule has 0 N–H and O–H groups in total. The molecule has 0 saturated heterocycles. The van der Waals surface area contributed by atoms with Gasteiger partial charge in [-0.2, -0.15) is 18.4 Å². The third-order valence-electron chi connectivity index (χ3n) is 2.16. The fourth-order valence-corrected chi connectivity index (χ4v) is 1.41. The summed E-state index contributed by atoms with van der Waals surface area (Å²) in [7, 11) is 0. The molecule has 0 fully saturated rings. The number of hydrogen-bond acceptors (Lipinski definition) is 4. The highest BCUT2D eigenvalue weighted by atomic mass is 19.4. The largest absolute Gasteiger partial charge is 0.417 e. The molecule has 0 radical (unpaired) electrons. The molecule has 5 nitrogen and oxygen atoms in total. The number of nitriles is 1. The van der Waals surface area contributed by atoms with Crippen LogP contribution in [0.15, 0.2) is 12.1 Å². The van der Waals surface area contributed by atoms with E-state index in [0.717, 1.165) is 13.0 Å². The van der Waals surface area contributed by atoms with E-state index in [-0.39, 0.29) is 0 Å². The molecule has 0 aliphatic heterocycles. The van der Waals surface area contributed by atoms with E-state index in [2.05, 4.69) is 0 Å². The molecule has 0 atom stereocenters.